The maximum Gasteiger partial charge on any atom is 0.410 e. The van der Waals surface area contributed by atoms with Crippen LogP contribution in [-0.2, 0) is 4.74 Å². The van der Waals surface area contributed by atoms with Crippen LogP contribution in [0.4, 0.5) is 4.79 Å². The Hall–Kier alpha value is -1.30. The molecule has 6 heteroatoms. The van der Waals surface area contributed by atoms with E-state index in [4.69, 9.17) is 9.94 Å². The van der Waals surface area contributed by atoms with Crippen LogP contribution in [0.5, 0.6) is 0 Å². The van der Waals surface area contributed by atoms with Crippen molar-refractivity contribution in [2.45, 2.75) is 45.3 Å². The van der Waals surface area contributed by atoms with Crippen LogP contribution in [0.25, 0.3) is 0 Å². The Morgan fingerprint density at radius 3 is 2.88 bits per heavy atom. The van der Waals surface area contributed by atoms with E-state index in [-0.39, 0.29) is 12.1 Å². The van der Waals surface area contributed by atoms with E-state index >= 15 is 0 Å². The predicted octanol–water partition coefficient (Wildman–Crippen LogP) is 1.35. The molecule has 16 heavy (non-hydrogen) atoms. The van der Waals surface area contributed by atoms with Crippen molar-refractivity contribution in [1.29, 1.82) is 0 Å². The molecule has 1 rings (SSSR count). The van der Waals surface area contributed by atoms with Gasteiger partial charge < -0.3 is 9.64 Å². The number of rotatable bonds is 2. The van der Waals surface area contributed by atoms with Crippen molar-refractivity contribution in [3.8, 4) is 0 Å². The van der Waals surface area contributed by atoms with E-state index in [2.05, 4.69) is 5.10 Å². The Labute approximate surface area is 95.2 Å². The average Bonchev–Trinajstić information content (AvgIpc) is 2.59. The van der Waals surface area contributed by atoms with E-state index in [1.165, 1.54) is 6.21 Å². The van der Waals surface area contributed by atoms with Crippen LogP contribution in [0.2, 0.25) is 0 Å². The first kappa shape index (κ1) is 12.8. The highest BCUT2D eigenvalue weighted by Crippen LogP contribution is 2.19. The van der Waals surface area contributed by atoms with Gasteiger partial charge in [0.1, 0.15) is 5.60 Å². The van der Waals surface area contributed by atoms with Crippen molar-refractivity contribution in [2.24, 2.45) is 5.10 Å². The van der Waals surface area contributed by atoms with Gasteiger partial charge in [0.2, 0.25) is 0 Å². The summed E-state index contributed by atoms with van der Waals surface area (Å²) in [5.74, 6) is 0. The molecule has 1 amide bonds. The monoisotopic (exact) mass is 229 g/mol. The molecule has 1 aliphatic rings. The highest BCUT2D eigenvalue weighted by molar-refractivity contribution is 5.76. The fourth-order valence-corrected chi connectivity index (χ4v) is 1.61. The molecule has 2 N–H and O–H groups in total. The predicted molar refractivity (Wildman–Crippen MR) is 59.4 cm³/mol. The van der Waals surface area contributed by atoms with Crippen molar-refractivity contribution in [3.05, 3.63) is 0 Å². The second-order valence-electron chi connectivity index (χ2n) is 4.76. The number of likely N-dealkylation sites (tertiary alicyclic amines) is 1. The van der Waals surface area contributed by atoms with Crippen molar-refractivity contribution >= 4 is 12.3 Å². The third kappa shape index (κ3) is 3.69. The summed E-state index contributed by atoms with van der Waals surface area (Å²) in [7, 11) is 0. The van der Waals surface area contributed by atoms with Crippen molar-refractivity contribution in [3.63, 3.8) is 0 Å². The molecule has 0 aromatic carbocycles. The summed E-state index contributed by atoms with van der Waals surface area (Å²) < 4.78 is 5.27. The first-order valence-corrected chi connectivity index (χ1v) is 5.36. The normalized spacial score (nSPS) is 21.5. The minimum atomic E-state index is -0.489. The summed E-state index contributed by atoms with van der Waals surface area (Å²) in [6, 6.07) is -0.102. The molecule has 0 saturated carbocycles. The zero-order valence-electron chi connectivity index (χ0n) is 9.93. The average molecular weight is 229 g/mol. The SMILES string of the molecule is CC(C)(C)OC(=O)N1CCCC1C=NNO. The Morgan fingerprint density at radius 2 is 2.31 bits per heavy atom. The minimum absolute atomic E-state index is 0.102. The number of hydrazone groups is 1. The zero-order chi connectivity index (χ0) is 12.2. The van der Waals surface area contributed by atoms with Gasteiger partial charge in [0.25, 0.3) is 0 Å². The number of hydrogen-bond acceptors (Lipinski definition) is 5. The van der Waals surface area contributed by atoms with Crippen molar-refractivity contribution in [1.82, 2.24) is 10.5 Å². The van der Waals surface area contributed by atoms with Gasteiger partial charge in [-0.25, -0.2) is 4.79 Å². The molecule has 6 nitrogen and oxygen atoms in total. The number of nitrogens with zero attached hydrogens (tertiary/aromatic N) is 2. The highest BCUT2D eigenvalue weighted by Gasteiger charge is 2.31. The minimum Gasteiger partial charge on any atom is -0.444 e. The number of hydrogen-bond donors (Lipinski definition) is 2. The zero-order valence-corrected chi connectivity index (χ0v) is 9.93. The summed E-state index contributed by atoms with van der Waals surface area (Å²) in [5, 5.41) is 11.9. The maximum atomic E-state index is 11.8. The summed E-state index contributed by atoms with van der Waals surface area (Å²) in [5.41, 5.74) is 1.20. The van der Waals surface area contributed by atoms with Crippen LogP contribution in [0.3, 0.4) is 0 Å². The van der Waals surface area contributed by atoms with E-state index in [0.717, 1.165) is 12.8 Å². The smallest absolute Gasteiger partial charge is 0.410 e. The van der Waals surface area contributed by atoms with Gasteiger partial charge in [0.15, 0.2) is 0 Å². The second-order valence-corrected chi connectivity index (χ2v) is 4.76. The molecule has 0 bridgehead atoms. The van der Waals surface area contributed by atoms with E-state index in [0.29, 0.717) is 6.54 Å². The van der Waals surface area contributed by atoms with Gasteiger partial charge in [0.05, 0.1) is 6.04 Å². The van der Waals surface area contributed by atoms with Crippen LogP contribution in [-0.4, -0.2) is 40.6 Å². The molecule has 92 valence electrons. The van der Waals surface area contributed by atoms with E-state index in [1.807, 2.05) is 20.8 Å². The lowest BCUT2D eigenvalue weighted by atomic mass is 10.2. The van der Waals surface area contributed by atoms with Gasteiger partial charge >= 0.3 is 6.09 Å². The lowest BCUT2D eigenvalue weighted by molar-refractivity contribution is 0.0267. The molecule has 1 aliphatic heterocycles. The molecular weight excluding hydrogens is 210 g/mol. The first-order chi connectivity index (χ1) is 7.44. The number of nitrogens with one attached hydrogen (secondary N) is 1. The maximum absolute atomic E-state index is 11.8. The summed E-state index contributed by atoms with van der Waals surface area (Å²) in [6.07, 6.45) is 2.93. The van der Waals surface area contributed by atoms with Gasteiger partial charge in [-0.3, -0.25) is 5.21 Å². The Kier molecular flexibility index (Phi) is 4.12. The standard InChI is InChI=1S/C10H19N3O3/c1-10(2,3)16-9(14)13-6-4-5-8(13)7-11-12-15/h7-8,12,15H,4-6H2,1-3H3. The largest absolute Gasteiger partial charge is 0.444 e. The topological polar surface area (TPSA) is 74.2 Å². The molecule has 1 fully saturated rings. The molecule has 0 radical (unpaired) electrons. The van der Waals surface area contributed by atoms with Crippen LogP contribution in [0, 0.1) is 0 Å². The summed E-state index contributed by atoms with van der Waals surface area (Å²) >= 11 is 0. The fourth-order valence-electron chi connectivity index (χ4n) is 1.61. The summed E-state index contributed by atoms with van der Waals surface area (Å²) in [4.78, 5) is 13.4. The van der Waals surface area contributed by atoms with E-state index in [9.17, 15) is 4.79 Å². The summed E-state index contributed by atoms with van der Waals surface area (Å²) in [6.45, 7) is 6.16. The van der Waals surface area contributed by atoms with Crippen LogP contribution in [0.1, 0.15) is 33.6 Å². The van der Waals surface area contributed by atoms with E-state index in [1.54, 1.807) is 10.5 Å². The fraction of sp³-hybridized carbons (Fsp3) is 0.800. The van der Waals surface area contributed by atoms with Gasteiger partial charge in [-0.15, -0.1) is 0 Å². The van der Waals surface area contributed by atoms with Crippen LogP contribution >= 0.6 is 0 Å². The van der Waals surface area contributed by atoms with Gasteiger partial charge in [-0.1, -0.05) is 0 Å². The third-order valence-corrected chi connectivity index (χ3v) is 2.23. The van der Waals surface area contributed by atoms with Gasteiger partial charge in [-0.05, 0) is 33.6 Å². The molecule has 0 aromatic heterocycles. The highest BCUT2D eigenvalue weighted by atomic mass is 16.6. The molecule has 0 aliphatic carbocycles. The molecule has 1 atom stereocenters. The lowest BCUT2D eigenvalue weighted by Crippen LogP contribution is -2.40. The Bertz CT molecular complexity index is 273. The van der Waals surface area contributed by atoms with Gasteiger partial charge in [-0.2, -0.15) is 10.7 Å². The first-order valence-electron chi connectivity index (χ1n) is 5.36. The number of ether oxygens (including phenoxy) is 1. The third-order valence-electron chi connectivity index (χ3n) is 2.23. The van der Waals surface area contributed by atoms with E-state index < -0.39 is 5.60 Å². The number of carbonyl (C=O) groups is 1. The lowest BCUT2D eigenvalue weighted by Gasteiger charge is -2.26. The Balaban J connectivity index is 2.57. The molecule has 1 heterocycles. The molecular formula is C10H19N3O3. The Morgan fingerprint density at radius 1 is 1.62 bits per heavy atom. The molecule has 0 spiro atoms. The van der Waals surface area contributed by atoms with Crippen LogP contribution < -0.4 is 5.59 Å². The van der Waals surface area contributed by atoms with Crippen molar-refractivity contribution in [2.75, 3.05) is 6.54 Å². The molecule has 1 unspecified atom stereocenters. The van der Waals surface area contributed by atoms with Gasteiger partial charge in [0, 0.05) is 12.8 Å². The second kappa shape index (κ2) is 5.16. The molecule has 0 aromatic rings. The molecule has 1 saturated heterocycles. The number of carbonyl (C=O) groups excluding carboxylic acids is 1. The van der Waals surface area contributed by atoms with Crippen molar-refractivity contribution < 1.29 is 14.7 Å². The van der Waals surface area contributed by atoms with Crippen LogP contribution in [0.15, 0.2) is 5.10 Å². The number of amides is 1. The quantitative estimate of drug-likeness (QED) is 0.553.